The molecule has 0 radical (unpaired) electrons. The summed E-state index contributed by atoms with van der Waals surface area (Å²) < 4.78 is 13.0. The maximum absolute atomic E-state index is 13.0. The van der Waals surface area contributed by atoms with Crippen LogP contribution in [-0.4, -0.2) is 34.6 Å². The van der Waals surface area contributed by atoms with E-state index >= 15 is 0 Å². The Hall–Kier alpha value is -3.55. The molecule has 1 saturated heterocycles. The van der Waals surface area contributed by atoms with Crippen LogP contribution in [0.3, 0.4) is 0 Å². The SMILES string of the molecule is O=C(Cc1ccc(F)cc1)NCc1ccc2c(c1)CN(C1CCC(=O)NC1=O)C2=O. The third-order valence-electron chi connectivity index (χ3n) is 5.36. The average Bonchev–Trinajstić information content (AvgIpc) is 3.04. The Balaban J connectivity index is 1.38. The minimum absolute atomic E-state index is 0.146. The van der Waals surface area contributed by atoms with E-state index in [9.17, 15) is 23.6 Å². The fourth-order valence-corrected chi connectivity index (χ4v) is 3.79. The molecule has 0 aliphatic carbocycles. The Morgan fingerprint density at radius 3 is 2.57 bits per heavy atom. The van der Waals surface area contributed by atoms with E-state index in [-0.39, 0.29) is 42.9 Å². The van der Waals surface area contributed by atoms with Crippen LogP contribution in [0.4, 0.5) is 4.39 Å². The number of halogens is 1. The van der Waals surface area contributed by atoms with Crippen molar-refractivity contribution < 1.29 is 23.6 Å². The van der Waals surface area contributed by atoms with Crippen LogP contribution < -0.4 is 10.6 Å². The number of nitrogens with one attached hydrogen (secondary N) is 2. The first-order chi connectivity index (χ1) is 14.4. The quantitative estimate of drug-likeness (QED) is 0.731. The highest BCUT2D eigenvalue weighted by molar-refractivity contribution is 6.05. The van der Waals surface area contributed by atoms with Crippen LogP contribution >= 0.6 is 0 Å². The van der Waals surface area contributed by atoms with E-state index in [1.165, 1.54) is 17.0 Å². The topological polar surface area (TPSA) is 95.6 Å². The smallest absolute Gasteiger partial charge is 0.255 e. The zero-order chi connectivity index (χ0) is 21.3. The number of rotatable bonds is 5. The van der Waals surface area contributed by atoms with Crippen molar-refractivity contribution in [2.75, 3.05) is 0 Å². The number of hydrogen-bond donors (Lipinski definition) is 2. The molecule has 8 heteroatoms. The second-order valence-corrected chi connectivity index (χ2v) is 7.47. The van der Waals surface area contributed by atoms with Gasteiger partial charge in [0.05, 0.1) is 6.42 Å². The van der Waals surface area contributed by atoms with Crippen LogP contribution in [0, 0.1) is 5.82 Å². The minimum atomic E-state index is -0.651. The molecule has 1 atom stereocenters. The first-order valence-corrected chi connectivity index (χ1v) is 9.68. The molecular weight excluding hydrogens is 389 g/mol. The molecule has 0 aromatic heterocycles. The van der Waals surface area contributed by atoms with Gasteiger partial charge in [0.25, 0.3) is 5.91 Å². The van der Waals surface area contributed by atoms with E-state index in [0.717, 1.165) is 11.1 Å². The Labute approximate surface area is 172 Å². The number of nitrogens with zero attached hydrogens (tertiary/aromatic N) is 1. The predicted octanol–water partition coefficient (Wildman–Crippen LogP) is 1.45. The van der Waals surface area contributed by atoms with Gasteiger partial charge >= 0.3 is 0 Å². The fourth-order valence-electron chi connectivity index (χ4n) is 3.79. The highest BCUT2D eigenvalue weighted by Crippen LogP contribution is 2.28. The molecule has 154 valence electrons. The van der Waals surface area contributed by atoms with Gasteiger partial charge < -0.3 is 10.2 Å². The van der Waals surface area contributed by atoms with E-state index in [1.54, 1.807) is 24.3 Å². The third-order valence-corrected chi connectivity index (χ3v) is 5.36. The molecule has 30 heavy (non-hydrogen) atoms. The van der Waals surface area contributed by atoms with E-state index in [2.05, 4.69) is 10.6 Å². The number of imide groups is 1. The molecule has 2 aliphatic heterocycles. The van der Waals surface area contributed by atoms with Crippen molar-refractivity contribution in [3.63, 3.8) is 0 Å². The van der Waals surface area contributed by atoms with Crippen LogP contribution in [0.2, 0.25) is 0 Å². The van der Waals surface area contributed by atoms with E-state index in [1.807, 2.05) is 6.07 Å². The summed E-state index contributed by atoms with van der Waals surface area (Å²) in [6, 6.07) is 10.4. The van der Waals surface area contributed by atoms with Gasteiger partial charge in [-0.25, -0.2) is 4.39 Å². The fraction of sp³-hybridized carbons (Fsp3) is 0.273. The lowest BCUT2D eigenvalue weighted by Crippen LogP contribution is -2.52. The molecule has 2 aromatic rings. The maximum Gasteiger partial charge on any atom is 0.255 e. The lowest BCUT2D eigenvalue weighted by Gasteiger charge is -2.29. The number of hydrogen-bond acceptors (Lipinski definition) is 4. The molecule has 4 rings (SSSR count). The lowest BCUT2D eigenvalue weighted by atomic mass is 10.0. The molecule has 4 amide bonds. The van der Waals surface area contributed by atoms with Gasteiger partial charge in [-0.15, -0.1) is 0 Å². The molecule has 2 aromatic carbocycles. The second-order valence-electron chi connectivity index (χ2n) is 7.47. The van der Waals surface area contributed by atoms with Gasteiger partial charge in [0, 0.05) is 25.1 Å². The van der Waals surface area contributed by atoms with Gasteiger partial charge in [-0.1, -0.05) is 24.3 Å². The van der Waals surface area contributed by atoms with Crippen molar-refractivity contribution in [1.29, 1.82) is 0 Å². The summed E-state index contributed by atoms with van der Waals surface area (Å²) >= 11 is 0. The van der Waals surface area contributed by atoms with Crippen LogP contribution in [-0.2, 0) is 33.9 Å². The van der Waals surface area contributed by atoms with Gasteiger partial charge in [-0.2, -0.15) is 0 Å². The Bertz CT molecular complexity index is 1040. The van der Waals surface area contributed by atoms with Crippen LogP contribution in [0.15, 0.2) is 42.5 Å². The Morgan fingerprint density at radius 1 is 1.10 bits per heavy atom. The highest BCUT2D eigenvalue weighted by Gasteiger charge is 2.39. The number of carbonyl (C=O) groups excluding carboxylic acids is 4. The van der Waals surface area contributed by atoms with Crippen molar-refractivity contribution in [1.82, 2.24) is 15.5 Å². The molecule has 2 N–H and O–H groups in total. The van der Waals surface area contributed by atoms with Gasteiger partial charge in [-0.3, -0.25) is 24.5 Å². The standard InChI is InChI=1S/C22H20FN3O4/c23-16-4-1-13(2-5-16)10-20(28)24-11-14-3-6-17-15(9-14)12-26(22(17)30)18-7-8-19(27)25-21(18)29/h1-6,9,18H,7-8,10-12H2,(H,24,28)(H,25,27,29). The molecule has 1 unspecified atom stereocenters. The number of carbonyl (C=O) groups is 4. The zero-order valence-electron chi connectivity index (χ0n) is 16.1. The summed E-state index contributed by atoms with van der Waals surface area (Å²) in [5, 5.41) is 5.10. The maximum atomic E-state index is 13.0. The Kier molecular flexibility index (Phi) is 5.31. The van der Waals surface area contributed by atoms with Crippen molar-refractivity contribution in [2.24, 2.45) is 0 Å². The van der Waals surface area contributed by atoms with Gasteiger partial charge in [-0.05, 0) is 41.3 Å². The predicted molar refractivity (Wildman–Crippen MR) is 104 cm³/mol. The summed E-state index contributed by atoms with van der Waals surface area (Å²) in [4.78, 5) is 49.8. The summed E-state index contributed by atoms with van der Waals surface area (Å²) in [6.45, 7) is 0.581. The van der Waals surface area contributed by atoms with Crippen molar-refractivity contribution in [2.45, 2.75) is 38.4 Å². The normalized spacial score (nSPS) is 18.2. The summed E-state index contributed by atoms with van der Waals surface area (Å²) in [7, 11) is 0. The molecule has 1 fully saturated rings. The summed E-state index contributed by atoms with van der Waals surface area (Å²) in [5.41, 5.74) is 2.86. The van der Waals surface area contributed by atoms with E-state index in [0.29, 0.717) is 24.1 Å². The molecule has 2 heterocycles. The number of fused-ring (bicyclic) bond motifs is 1. The van der Waals surface area contributed by atoms with E-state index in [4.69, 9.17) is 0 Å². The molecule has 7 nitrogen and oxygen atoms in total. The van der Waals surface area contributed by atoms with Gasteiger partial charge in [0.1, 0.15) is 11.9 Å². The van der Waals surface area contributed by atoms with Crippen LogP contribution in [0.25, 0.3) is 0 Å². The lowest BCUT2D eigenvalue weighted by molar-refractivity contribution is -0.137. The number of amides is 4. The second kappa shape index (κ2) is 8.06. The van der Waals surface area contributed by atoms with Crippen molar-refractivity contribution in [3.05, 3.63) is 70.5 Å². The Morgan fingerprint density at radius 2 is 1.83 bits per heavy atom. The number of benzene rings is 2. The highest BCUT2D eigenvalue weighted by atomic mass is 19.1. The average molecular weight is 409 g/mol. The molecule has 0 spiro atoms. The van der Waals surface area contributed by atoms with E-state index < -0.39 is 11.9 Å². The van der Waals surface area contributed by atoms with Crippen molar-refractivity contribution in [3.8, 4) is 0 Å². The summed E-state index contributed by atoms with van der Waals surface area (Å²) in [6.07, 6.45) is 0.672. The molecule has 2 aliphatic rings. The zero-order valence-corrected chi connectivity index (χ0v) is 16.1. The van der Waals surface area contributed by atoms with Crippen LogP contribution in [0.1, 0.15) is 39.9 Å². The van der Waals surface area contributed by atoms with Gasteiger partial charge in [0.2, 0.25) is 17.7 Å². The first kappa shape index (κ1) is 19.8. The largest absolute Gasteiger partial charge is 0.352 e. The monoisotopic (exact) mass is 409 g/mol. The third kappa shape index (κ3) is 4.07. The first-order valence-electron chi connectivity index (χ1n) is 9.68. The minimum Gasteiger partial charge on any atom is -0.352 e. The molecule has 0 saturated carbocycles. The number of piperidine rings is 1. The molecular formula is C22H20FN3O4. The van der Waals surface area contributed by atoms with Crippen molar-refractivity contribution >= 4 is 23.6 Å². The molecule has 0 bridgehead atoms. The summed E-state index contributed by atoms with van der Waals surface area (Å²) in [5.74, 6) is -1.53. The van der Waals surface area contributed by atoms with Crippen LogP contribution in [0.5, 0.6) is 0 Å². The van der Waals surface area contributed by atoms with Gasteiger partial charge in [0.15, 0.2) is 0 Å².